The van der Waals surface area contributed by atoms with Gasteiger partial charge in [0, 0.05) is 31.2 Å². The summed E-state index contributed by atoms with van der Waals surface area (Å²) in [6, 6.07) is 4.09. The second-order valence-corrected chi connectivity index (χ2v) is 3.87. The maximum absolute atomic E-state index is 5.68. The molecule has 2 atom stereocenters. The number of aromatic nitrogens is 1. The van der Waals surface area contributed by atoms with Gasteiger partial charge in [0.2, 0.25) is 0 Å². The molecular weight excluding hydrogens is 212 g/mol. The monoisotopic (exact) mass is 228 g/mol. The Hall–Kier alpha value is -0.800. The molecule has 0 amide bonds. The Morgan fingerprint density at radius 3 is 2.27 bits per heavy atom. The van der Waals surface area contributed by atoms with Crippen LogP contribution in [0.4, 0.5) is 5.69 Å². The lowest BCUT2D eigenvalue weighted by atomic mass is 10.2. The maximum Gasteiger partial charge on any atom is 0.0726 e. The molecular formula is C11H17ClN2O. The van der Waals surface area contributed by atoms with Crippen LogP contribution >= 0.6 is 12.4 Å². The van der Waals surface area contributed by atoms with Crippen molar-refractivity contribution in [3.05, 3.63) is 24.5 Å². The van der Waals surface area contributed by atoms with Crippen molar-refractivity contribution in [2.24, 2.45) is 0 Å². The van der Waals surface area contributed by atoms with Gasteiger partial charge in [-0.25, -0.2) is 0 Å². The van der Waals surface area contributed by atoms with Crippen LogP contribution in [0.2, 0.25) is 0 Å². The quantitative estimate of drug-likeness (QED) is 0.736. The van der Waals surface area contributed by atoms with Crippen molar-refractivity contribution in [2.45, 2.75) is 26.1 Å². The van der Waals surface area contributed by atoms with E-state index in [0.717, 1.165) is 13.1 Å². The number of pyridine rings is 1. The van der Waals surface area contributed by atoms with Crippen molar-refractivity contribution in [3.8, 4) is 0 Å². The highest BCUT2D eigenvalue weighted by atomic mass is 35.5. The van der Waals surface area contributed by atoms with E-state index in [4.69, 9.17) is 4.74 Å². The second kappa shape index (κ2) is 5.33. The Bertz CT molecular complexity index is 284. The standard InChI is InChI=1S/C11H16N2O.ClH/c1-9-7-13(8-10(2)14-9)11-3-5-12-6-4-11;/h3-6,9-10H,7-8H2,1-2H3;1H. The number of anilines is 1. The van der Waals surface area contributed by atoms with Crippen molar-refractivity contribution < 1.29 is 4.74 Å². The van der Waals surface area contributed by atoms with Crippen LogP contribution in [0.3, 0.4) is 0 Å². The molecule has 0 N–H and O–H groups in total. The molecule has 1 aromatic heterocycles. The van der Waals surface area contributed by atoms with Crippen molar-refractivity contribution in [1.82, 2.24) is 4.98 Å². The molecule has 0 saturated carbocycles. The number of rotatable bonds is 1. The fourth-order valence-corrected chi connectivity index (χ4v) is 1.94. The van der Waals surface area contributed by atoms with Gasteiger partial charge in [-0.2, -0.15) is 0 Å². The predicted octanol–water partition coefficient (Wildman–Crippen LogP) is 2.12. The fraction of sp³-hybridized carbons (Fsp3) is 0.545. The third kappa shape index (κ3) is 3.08. The summed E-state index contributed by atoms with van der Waals surface area (Å²) >= 11 is 0. The van der Waals surface area contributed by atoms with E-state index >= 15 is 0 Å². The van der Waals surface area contributed by atoms with Gasteiger partial charge in [-0.1, -0.05) is 0 Å². The molecule has 1 fully saturated rings. The Labute approximate surface area is 96.9 Å². The number of nitrogens with zero attached hydrogens (tertiary/aromatic N) is 2. The van der Waals surface area contributed by atoms with E-state index in [1.165, 1.54) is 5.69 Å². The van der Waals surface area contributed by atoms with Crippen LogP contribution in [0.5, 0.6) is 0 Å². The highest BCUT2D eigenvalue weighted by molar-refractivity contribution is 5.85. The SMILES string of the molecule is CC1CN(c2ccncc2)CC(C)O1.Cl. The fourth-order valence-electron chi connectivity index (χ4n) is 1.94. The summed E-state index contributed by atoms with van der Waals surface area (Å²) in [6.07, 6.45) is 4.29. The van der Waals surface area contributed by atoms with Crippen LogP contribution in [0.1, 0.15) is 13.8 Å². The van der Waals surface area contributed by atoms with Gasteiger partial charge in [-0.3, -0.25) is 4.98 Å². The van der Waals surface area contributed by atoms with Gasteiger partial charge in [0.05, 0.1) is 12.2 Å². The zero-order chi connectivity index (χ0) is 9.97. The Morgan fingerprint density at radius 2 is 1.73 bits per heavy atom. The predicted molar refractivity (Wildman–Crippen MR) is 63.7 cm³/mol. The van der Waals surface area contributed by atoms with Crippen LogP contribution in [0, 0.1) is 0 Å². The van der Waals surface area contributed by atoms with Crippen LogP contribution in [-0.4, -0.2) is 30.3 Å². The van der Waals surface area contributed by atoms with Crippen LogP contribution in [0.15, 0.2) is 24.5 Å². The lowest BCUT2D eigenvalue weighted by molar-refractivity contribution is -0.00522. The molecule has 1 aliphatic heterocycles. The van der Waals surface area contributed by atoms with Crippen LogP contribution in [0.25, 0.3) is 0 Å². The van der Waals surface area contributed by atoms with E-state index in [9.17, 15) is 0 Å². The molecule has 2 unspecified atom stereocenters. The summed E-state index contributed by atoms with van der Waals surface area (Å²) in [5.74, 6) is 0. The van der Waals surface area contributed by atoms with Gasteiger partial charge in [0.1, 0.15) is 0 Å². The summed E-state index contributed by atoms with van der Waals surface area (Å²) in [5.41, 5.74) is 1.24. The zero-order valence-corrected chi connectivity index (χ0v) is 9.91. The molecule has 15 heavy (non-hydrogen) atoms. The maximum atomic E-state index is 5.68. The zero-order valence-electron chi connectivity index (χ0n) is 9.09. The molecule has 0 aromatic carbocycles. The summed E-state index contributed by atoms with van der Waals surface area (Å²) < 4.78 is 5.68. The first-order chi connectivity index (χ1) is 6.75. The summed E-state index contributed by atoms with van der Waals surface area (Å²) in [7, 11) is 0. The van der Waals surface area contributed by atoms with Crippen LogP contribution < -0.4 is 4.90 Å². The molecule has 84 valence electrons. The van der Waals surface area contributed by atoms with E-state index < -0.39 is 0 Å². The third-order valence-corrected chi connectivity index (χ3v) is 2.45. The summed E-state index contributed by atoms with van der Waals surface area (Å²) in [5, 5.41) is 0. The Kier molecular flexibility index (Phi) is 4.36. The minimum absolute atomic E-state index is 0. The summed E-state index contributed by atoms with van der Waals surface area (Å²) in [6.45, 7) is 6.16. The number of halogens is 1. The molecule has 2 heterocycles. The van der Waals surface area contributed by atoms with Crippen LogP contribution in [-0.2, 0) is 4.74 Å². The molecule has 3 nitrogen and oxygen atoms in total. The molecule has 0 spiro atoms. The minimum Gasteiger partial charge on any atom is -0.372 e. The molecule has 1 saturated heterocycles. The Morgan fingerprint density at radius 1 is 1.20 bits per heavy atom. The average Bonchev–Trinajstić information content (AvgIpc) is 2.18. The molecule has 0 aliphatic carbocycles. The van der Waals surface area contributed by atoms with Gasteiger partial charge in [0.15, 0.2) is 0 Å². The minimum atomic E-state index is 0. The Balaban J connectivity index is 0.00000112. The lowest BCUT2D eigenvalue weighted by Gasteiger charge is -2.36. The summed E-state index contributed by atoms with van der Waals surface area (Å²) in [4.78, 5) is 6.37. The first kappa shape index (κ1) is 12.3. The smallest absolute Gasteiger partial charge is 0.0726 e. The van der Waals surface area contributed by atoms with E-state index in [2.05, 4.69) is 23.7 Å². The highest BCUT2D eigenvalue weighted by Gasteiger charge is 2.21. The first-order valence-electron chi connectivity index (χ1n) is 5.06. The van der Waals surface area contributed by atoms with Gasteiger partial charge in [0.25, 0.3) is 0 Å². The highest BCUT2D eigenvalue weighted by Crippen LogP contribution is 2.18. The van der Waals surface area contributed by atoms with E-state index in [1.54, 1.807) is 0 Å². The number of ether oxygens (including phenoxy) is 1. The van der Waals surface area contributed by atoms with Crippen molar-refractivity contribution >= 4 is 18.1 Å². The number of morpholine rings is 1. The topological polar surface area (TPSA) is 25.4 Å². The van der Waals surface area contributed by atoms with Gasteiger partial charge < -0.3 is 9.64 Å². The molecule has 4 heteroatoms. The average molecular weight is 229 g/mol. The molecule has 1 aliphatic rings. The number of hydrogen-bond acceptors (Lipinski definition) is 3. The lowest BCUT2D eigenvalue weighted by Crippen LogP contribution is -2.45. The number of hydrogen-bond donors (Lipinski definition) is 0. The molecule has 0 radical (unpaired) electrons. The van der Waals surface area contributed by atoms with Gasteiger partial charge in [-0.15, -0.1) is 12.4 Å². The third-order valence-electron chi connectivity index (χ3n) is 2.45. The van der Waals surface area contributed by atoms with Crippen molar-refractivity contribution in [3.63, 3.8) is 0 Å². The normalized spacial score (nSPS) is 25.9. The van der Waals surface area contributed by atoms with Crippen molar-refractivity contribution in [1.29, 1.82) is 0 Å². The van der Waals surface area contributed by atoms with Crippen molar-refractivity contribution in [2.75, 3.05) is 18.0 Å². The largest absolute Gasteiger partial charge is 0.372 e. The molecule has 0 bridgehead atoms. The molecule has 2 rings (SSSR count). The van der Waals surface area contributed by atoms with Gasteiger partial charge in [-0.05, 0) is 26.0 Å². The van der Waals surface area contributed by atoms with E-state index in [0.29, 0.717) is 12.2 Å². The second-order valence-electron chi connectivity index (χ2n) is 3.87. The first-order valence-corrected chi connectivity index (χ1v) is 5.06. The van der Waals surface area contributed by atoms with E-state index in [-0.39, 0.29) is 12.4 Å². The van der Waals surface area contributed by atoms with E-state index in [1.807, 2.05) is 24.5 Å². The molecule has 1 aromatic rings. The van der Waals surface area contributed by atoms with Gasteiger partial charge >= 0.3 is 0 Å².